The van der Waals surface area contributed by atoms with E-state index >= 15 is 0 Å². The molecular weight excluding hydrogens is 386 g/mol. The molecule has 159 valence electrons. The Balaban J connectivity index is 1.78. The van der Waals surface area contributed by atoms with Crippen molar-refractivity contribution in [3.05, 3.63) is 82.3 Å². The number of Topliss-reactive ketones (excluding diaryl/α,β-unsaturated/α-hetero) is 1. The van der Waals surface area contributed by atoms with Crippen molar-refractivity contribution in [3.8, 4) is 0 Å². The lowest BCUT2D eigenvalue weighted by atomic mass is 9.70. The van der Waals surface area contributed by atoms with Gasteiger partial charge in [-0.15, -0.1) is 0 Å². The number of carbonyl (C=O) groups is 2. The third kappa shape index (κ3) is 4.05. The second kappa shape index (κ2) is 7.80. The Labute approximate surface area is 183 Å². The molecule has 5 heteroatoms. The molecule has 1 aromatic heterocycles. The Hall–Kier alpha value is -3.21. The van der Waals surface area contributed by atoms with Crippen molar-refractivity contribution in [1.29, 1.82) is 0 Å². The van der Waals surface area contributed by atoms with E-state index in [4.69, 9.17) is 0 Å². The number of benzene rings is 1. The molecule has 0 saturated heterocycles. The molecule has 0 bridgehead atoms. The van der Waals surface area contributed by atoms with Crippen LogP contribution in [0, 0.1) is 25.3 Å². The van der Waals surface area contributed by atoms with Crippen molar-refractivity contribution >= 4 is 17.6 Å². The van der Waals surface area contributed by atoms with Crippen LogP contribution in [-0.2, 0) is 4.79 Å². The lowest BCUT2D eigenvalue weighted by molar-refractivity contribution is -0.118. The number of ketones is 1. The minimum atomic E-state index is -0.317. The number of nitrogens with zero attached hydrogens (tertiary/aromatic N) is 2. The molecule has 1 aromatic carbocycles. The lowest BCUT2D eigenvalue weighted by Crippen LogP contribution is -2.42. The summed E-state index contributed by atoms with van der Waals surface area (Å²) in [5.41, 5.74) is 5.13. The van der Waals surface area contributed by atoms with Crippen molar-refractivity contribution in [3.63, 3.8) is 0 Å². The first-order valence-electron chi connectivity index (χ1n) is 10.6. The van der Waals surface area contributed by atoms with Gasteiger partial charge in [-0.3, -0.25) is 15.0 Å². The monoisotopic (exact) mass is 414 g/mol. The van der Waals surface area contributed by atoms with Gasteiger partial charge in [0.1, 0.15) is 5.82 Å². The molecule has 2 amide bonds. The molecule has 1 radical (unpaired) electrons. The van der Waals surface area contributed by atoms with Crippen LogP contribution in [0.5, 0.6) is 0 Å². The van der Waals surface area contributed by atoms with Crippen LogP contribution in [0.4, 0.5) is 10.6 Å². The van der Waals surface area contributed by atoms with Crippen LogP contribution in [0.1, 0.15) is 56.2 Å². The molecule has 0 saturated carbocycles. The normalized spacial score (nSPS) is 20.3. The zero-order valence-corrected chi connectivity index (χ0v) is 18.7. The maximum absolute atomic E-state index is 13.3. The molecule has 5 nitrogen and oxygen atoms in total. The van der Waals surface area contributed by atoms with Crippen molar-refractivity contribution in [2.24, 2.45) is 5.41 Å². The number of rotatable bonds is 2. The molecule has 1 atom stereocenters. The smallest absolute Gasteiger partial charge is 0.294 e. The van der Waals surface area contributed by atoms with Gasteiger partial charge in [0.15, 0.2) is 5.78 Å². The maximum Gasteiger partial charge on any atom is 0.331 e. The van der Waals surface area contributed by atoms with E-state index in [0.29, 0.717) is 29.9 Å². The van der Waals surface area contributed by atoms with Gasteiger partial charge in [-0.2, -0.15) is 0 Å². The highest BCUT2D eigenvalue weighted by Gasteiger charge is 2.42. The molecule has 2 aromatic rings. The van der Waals surface area contributed by atoms with Gasteiger partial charge in [-0.25, -0.2) is 9.78 Å². The summed E-state index contributed by atoms with van der Waals surface area (Å²) in [6, 6.07) is 11.4. The molecular formula is C26H28N3O2. The number of aryl methyl sites for hydroxylation is 2. The van der Waals surface area contributed by atoms with Crippen LogP contribution < -0.4 is 5.32 Å². The lowest BCUT2D eigenvalue weighted by Gasteiger charge is -2.42. The summed E-state index contributed by atoms with van der Waals surface area (Å²) in [6.07, 6.45) is 6.26. The minimum absolute atomic E-state index is 0.0887. The number of amides is 2. The highest BCUT2D eigenvalue weighted by atomic mass is 16.2. The predicted molar refractivity (Wildman–Crippen MR) is 121 cm³/mol. The van der Waals surface area contributed by atoms with Gasteiger partial charge in [-0.1, -0.05) is 44.2 Å². The average molecular weight is 415 g/mol. The molecule has 1 aliphatic carbocycles. The number of hydrogen-bond acceptors (Lipinski definition) is 3. The fraction of sp³-hybridized carbons (Fsp3) is 0.346. The van der Waals surface area contributed by atoms with Crippen LogP contribution in [0.15, 0.2) is 59.6 Å². The molecule has 1 aliphatic heterocycles. The quantitative estimate of drug-likeness (QED) is 0.688. The third-order valence-electron chi connectivity index (χ3n) is 5.99. The second-order valence-corrected chi connectivity index (χ2v) is 9.31. The number of aromatic nitrogens is 1. The van der Waals surface area contributed by atoms with E-state index in [1.54, 1.807) is 17.2 Å². The van der Waals surface area contributed by atoms with Crippen LogP contribution in [0.3, 0.4) is 0 Å². The summed E-state index contributed by atoms with van der Waals surface area (Å²) in [4.78, 5) is 32.6. The molecule has 0 fully saturated rings. The van der Waals surface area contributed by atoms with Crippen molar-refractivity contribution < 1.29 is 9.59 Å². The topological polar surface area (TPSA) is 62.3 Å². The number of anilines is 1. The highest BCUT2D eigenvalue weighted by Crippen LogP contribution is 2.47. The van der Waals surface area contributed by atoms with Crippen molar-refractivity contribution in [2.45, 2.75) is 53.4 Å². The van der Waals surface area contributed by atoms with E-state index in [0.717, 1.165) is 22.4 Å². The zero-order chi connectivity index (χ0) is 22.3. The van der Waals surface area contributed by atoms with E-state index in [-0.39, 0.29) is 23.1 Å². The van der Waals surface area contributed by atoms with E-state index in [1.807, 2.05) is 51.1 Å². The Kier molecular flexibility index (Phi) is 5.29. The van der Waals surface area contributed by atoms with Gasteiger partial charge < -0.3 is 0 Å². The van der Waals surface area contributed by atoms with Crippen molar-refractivity contribution in [2.75, 3.05) is 5.32 Å². The Morgan fingerprint density at radius 2 is 1.87 bits per heavy atom. The summed E-state index contributed by atoms with van der Waals surface area (Å²) in [5, 5.41) is 2.88. The first-order valence-corrected chi connectivity index (χ1v) is 10.6. The first-order chi connectivity index (χ1) is 14.7. The van der Waals surface area contributed by atoms with Gasteiger partial charge in [-0.05, 0) is 61.4 Å². The van der Waals surface area contributed by atoms with Gasteiger partial charge in [0.2, 0.25) is 0 Å². The van der Waals surface area contributed by atoms with Crippen LogP contribution in [0.25, 0.3) is 0 Å². The standard InChI is InChI=1S/C26H28N3O2/c1-16-10-11-23(27-15-16)28-25(31)29-18(3)12-20(19-9-7-6-8-17(19)2)24-21(29)13-26(4,5)14-22(24)30/h6-11,15,20H,13-14H2,1-5H3,(H,27,28,31). The van der Waals surface area contributed by atoms with Gasteiger partial charge in [0, 0.05) is 35.5 Å². The molecule has 1 N–H and O–H groups in total. The Bertz CT molecular complexity index is 1110. The summed E-state index contributed by atoms with van der Waals surface area (Å²) >= 11 is 0. The van der Waals surface area contributed by atoms with Gasteiger partial charge in [0.05, 0.1) is 0 Å². The summed E-state index contributed by atoms with van der Waals surface area (Å²) < 4.78 is 0. The number of urea groups is 1. The Morgan fingerprint density at radius 3 is 2.55 bits per heavy atom. The fourth-order valence-electron chi connectivity index (χ4n) is 4.50. The van der Waals surface area contributed by atoms with Crippen molar-refractivity contribution in [1.82, 2.24) is 9.88 Å². The molecule has 31 heavy (non-hydrogen) atoms. The fourth-order valence-corrected chi connectivity index (χ4v) is 4.50. The van der Waals surface area contributed by atoms with E-state index < -0.39 is 0 Å². The molecule has 4 rings (SSSR count). The maximum atomic E-state index is 13.3. The number of allylic oxidation sites excluding steroid dienone is 4. The summed E-state index contributed by atoms with van der Waals surface area (Å²) in [7, 11) is 0. The highest BCUT2D eigenvalue weighted by molar-refractivity contribution is 6.01. The van der Waals surface area contributed by atoms with Crippen LogP contribution in [0.2, 0.25) is 0 Å². The number of nitrogens with one attached hydrogen (secondary N) is 1. The van der Waals surface area contributed by atoms with Gasteiger partial charge in [0.25, 0.3) is 0 Å². The van der Waals surface area contributed by atoms with Crippen LogP contribution in [-0.4, -0.2) is 21.7 Å². The molecule has 1 unspecified atom stereocenters. The zero-order valence-electron chi connectivity index (χ0n) is 18.7. The molecule has 2 heterocycles. The number of pyridine rings is 1. The molecule has 2 aliphatic rings. The second-order valence-electron chi connectivity index (χ2n) is 9.31. The number of hydrogen-bond donors (Lipinski definition) is 1. The van der Waals surface area contributed by atoms with E-state index in [2.05, 4.69) is 30.2 Å². The number of carbonyl (C=O) groups excluding carboxylic acids is 2. The summed E-state index contributed by atoms with van der Waals surface area (Å²) in [5.74, 6) is 0.306. The largest absolute Gasteiger partial charge is 0.331 e. The van der Waals surface area contributed by atoms with E-state index in [9.17, 15) is 9.59 Å². The van der Waals surface area contributed by atoms with Gasteiger partial charge >= 0.3 is 6.03 Å². The van der Waals surface area contributed by atoms with Crippen LogP contribution >= 0.6 is 0 Å². The Morgan fingerprint density at radius 1 is 1.13 bits per heavy atom. The average Bonchev–Trinajstić information content (AvgIpc) is 2.68. The third-order valence-corrected chi connectivity index (χ3v) is 5.99. The van der Waals surface area contributed by atoms with E-state index in [1.165, 1.54) is 0 Å². The first kappa shape index (κ1) is 21.0. The molecule has 0 spiro atoms. The predicted octanol–water partition coefficient (Wildman–Crippen LogP) is 5.68. The minimum Gasteiger partial charge on any atom is -0.294 e. The summed E-state index contributed by atoms with van der Waals surface area (Å²) in [6.45, 7) is 10.0. The SMILES string of the molecule is CC1=[C]C(c2ccccc2C)C2=C(CC(C)(C)CC2=O)N1C(=O)Nc1ccc(C)cn1.